The van der Waals surface area contributed by atoms with Crippen molar-refractivity contribution in [3.8, 4) is 0 Å². The Labute approximate surface area is 134 Å². The summed E-state index contributed by atoms with van der Waals surface area (Å²) in [6.07, 6.45) is 4.93. The van der Waals surface area contributed by atoms with Gasteiger partial charge in [-0.3, -0.25) is 0 Å². The zero-order valence-corrected chi connectivity index (χ0v) is 13.5. The number of aromatic nitrogens is 3. The van der Waals surface area contributed by atoms with Gasteiger partial charge in [0.1, 0.15) is 18.0 Å². The van der Waals surface area contributed by atoms with E-state index in [4.69, 9.17) is 0 Å². The van der Waals surface area contributed by atoms with Gasteiger partial charge in [0.15, 0.2) is 0 Å². The number of rotatable bonds is 5. The van der Waals surface area contributed by atoms with Crippen LogP contribution in [0.25, 0.3) is 0 Å². The Morgan fingerprint density at radius 3 is 3.05 bits per heavy atom. The van der Waals surface area contributed by atoms with Crippen molar-refractivity contribution >= 4 is 23.0 Å². The molecule has 0 saturated carbocycles. The molecule has 1 unspecified atom stereocenters. The summed E-state index contributed by atoms with van der Waals surface area (Å²) < 4.78 is 0. The number of piperidine rings is 1. The van der Waals surface area contributed by atoms with Crippen LogP contribution in [0.4, 0.5) is 11.6 Å². The molecule has 1 aliphatic rings. The summed E-state index contributed by atoms with van der Waals surface area (Å²) in [7, 11) is 2.01. The number of thiazole rings is 1. The lowest BCUT2D eigenvalue weighted by atomic mass is 10.0. The molecule has 22 heavy (non-hydrogen) atoms. The monoisotopic (exact) mass is 319 g/mol. The Kier molecular flexibility index (Phi) is 4.84. The number of aliphatic hydroxyl groups is 1. The minimum absolute atomic E-state index is 0.167. The third-order valence-electron chi connectivity index (χ3n) is 4.04. The molecule has 2 aromatic heterocycles. The summed E-state index contributed by atoms with van der Waals surface area (Å²) in [5.41, 5.74) is 2.88. The van der Waals surface area contributed by atoms with E-state index >= 15 is 0 Å². The molecule has 1 N–H and O–H groups in total. The van der Waals surface area contributed by atoms with Crippen LogP contribution >= 0.6 is 11.3 Å². The number of hydrogen-bond acceptors (Lipinski definition) is 7. The van der Waals surface area contributed by atoms with Gasteiger partial charge in [-0.2, -0.15) is 0 Å². The topological polar surface area (TPSA) is 65.4 Å². The van der Waals surface area contributed by atoms with Gasteiger partial charge in [-0.15, -0.1) is 11.3 Å². The van der Waals surface area contributed by atoms with Gasteiger partial charge < -0.3 is 14.9 Å². The summed E-state index contributed by atoms with van der Waals surface area (Å²) >= 11 is 1.60. The first-order valence-electron chi connectivity index (χ1n) is 7.55. The van der Waals surface area contributed by atoms with E-state index in [-0.39, 0.29) is 12.6 Å². The zero-order valence-electron chi connectivity index (χ0n) is 12.7. The second-order valence-electron chi connectivity index (χ2n) is 5.60. The van der Waals surface area contributed by atoms with Crippen LogP contribution in [0.1, 0.15) is 25.0 Å². The maximum atomic E-state index is 9.57. The molecule has 1 saturated heterocycles. The van der Waals surface area contributed by atoms with Crippen molar-refractivity contribution in [1.82, 2.24) is 15.0 Å². The molecule has 0 radical (unpaired) electrons. The van der Waals surface area contributed by atoms with Gasteiger partial charge >= 0.3 is 0 Å². The van der Waals surface area contributed by atoms with Gasteiger partial charge in [0, 0.05) is 25.0 Å². The molecule has 0 aromatic carbocycles. The highest BCUT2D eigenvalue weighted by Gasteiger charge is 2.23. The molecular weight excluding hydrogens is 298 g/mol. The van der Waals surface area contributed by atoms with E-state index in [0.717, 1.165) is 43.3 Å². The van der Waals surface area contributed by atoms with Gasteiger partial charge in [0.25, 0.3) is 0 Å². The van der Waals surface area contributed by atoms with Crippen LogP contribution in [-0.4, -0.2) is 46.3 Å². The molecule has 0 spiro atoms. The van der Waals surface area contributed by atoms with E-state index in [2.05, 4.69) is 24.8 Å². The van der Waals surface area contributed by atoms with Crippen LogP contribution in [-0.2, 0) is 6.54 Å². The van der Waals surface area contributed by atoms with Gasteiger partial charge in [-0.05, 0) is 19.3 Å². The highest BCUT2D eigenvalue weighted by atomic mass is 32.1. The first-order chi connectivity index (χ1) is 10.8. The molecule has 7 heteroatoms. The lowest BCUT2D eigenvalue weighted by Crippen LogP contribution is -2.42. The number of nitrogens with zero attached hydrogens (tertiary/aromatic N) is 5. The molecule has 3 rings (SSSR count). The summed E-state index contributed by atoms with van der Waals surface area (Å²) in [6, 6.07) is 2.17. The van der Waals surface area contributed by atoms with E-state index in [1.807, 2.05) is 24.0 Å². The highest BCUT2D eigenvalue weighted by Crippen LogP contribution is 2.25. The Hall–Kier alpha value is -1.73. The van der Waals surface area contributed by atoms with Gasteiger partial charge in [-0.25, -0.2) is 15.0 Å². The maximum Gasteiger partial charge on any atom is 0.134 e. The SMILES string of the molecule is CN(Cc1cscn1)c1cc(N2CCCCC2CO)ncn1. The van der Waals surface area contributed by atoms with E-state index in [1.54, 1.807) is 17.7 Å². The van der Waals surface area contributed by atoms with Gasteiger partial charge in [0.2, 0.25) is 0 Å². The van der Waals surface area contributed by atoms with Crippen molar-refractivity contribution in [1.29, 1.82) is 0 Å². The van der Waals surface area contributed by atoms with E-state index in [9.17, 15) is 5.11 Å². The predicted molar refractivity (Wildman–Crippen MR) is 88.3 cm³/mol. The molecule has 0 aliphatic carbocycles. The summed E-state index contributed by atoms with van der Waals surface area (Å²) in [5, 5.41) is 11.6. The van der Waals surface area contributed by atoms with Crippen molar-refractivity contribution in [3.63, 3.8) is 0 Å². The molecule has 118 valence electrons. The Morgan fingerprint density at radius 2 is 2.27 bits per heavy atom. The molecule has 3 heterocycles. The molecule has 1 atom stereocenters. The van der Waals surface area contributed by atoms with Crippen LogP contribution in [0.3, 0.4) is 0 Å². The number of anilines is 2. The standard InChI is InChI=1S/C15H21N5OS/c1-19(7-12-9-22-11-18-12)14-6-15(17-10-16-14)20-5-3-2-4-13(20)8-21/h6,9-11,13,21H,2-5,7-8H2,1H3. The lowest BCUT2D eigenvalue weighted by molar-refractivity contribution is 0.239. The lowest BCUT2D eigenvalue weighted by Gasteiger charge is -2.35. The highest BCUT2D eigenvalue weighted by molar-refractivity contribution is 7.07. The fourth-order valence-electron chi connectivity index (χ4n) is 2.83. The quantitative estimate of drug-likeness (QED) is 0.908. The van der Waals surface area contributed by atoms with Gasteiger partial charge in [-0.1, -0.05) is 0 Å². The summed E-state index contributed by atoms with van der Waals surface area (Å²) in [5.74, 6) is 1.77. The minimum Gasteiger partial charge on any atom is -0.394 e. The van der Waals surface area contributed by atoms with Crippen molar-refractivity contribution in [3.05, 3.63) is 29.0 Å². The molecule has 1 aliphatic heterocycles. The Bertz CT molecular complexity index is 591. The predicted octanol–water partition coefficient (Wildman–Crippen LogP) is 1.92. The van der Waals surface area contributed by atoms with E-state index in [0.29, 0.717) is 0 Å². The fraction of sp³-hybridized carbons (Fsp3) is 0.533. The van der Waals surface area contributed by atoms with Crippen LogP contribution in [0.15, 0.2) is 23.3 Å². The molecule has 2 aromatic rings. The van der Waals surface area contributed by atoms with E-state index in [1.165, 1.54) is 6.42 Å². The van der Waals surface area contributed by atoms with E-state index < -0.39 is 0 Å². The van der Waals surface area contributed by atoms with Crippen LogP contribution in [0, 0.1) is 0 Å². The number of hydrogen-bond donors (Lipinski definition) is 1. The molecule has 6 nitrogen and oxygen atoms in total. The van der Waals surface area contributed by atoms with Crippen LogP contribution in [0.5, 0.6) is 0 Å². The van der Waals surface area contributed by atoms with Gasteiger partial charge in [0.05, 0.1) is 30.4 Å². The molecular formula is C15H21N5OS. The van der Waals surface area contributed by atoms with Crippen molar-refractivity contribution in [2.75, 3.05) is 30.0 Å². The fourth-order valence-corrected chi connectivity index (χ4v) is 3.38. The second-order valence-corrected chi connectivity index (χ2v) is 6.31. The molecule has 0 amide bonds. The smallest absolute Gasteiger partial charge is 0.134 e. The summed E-state index contributed by atoms with van der Waals surface area (Å²) in [6.45, 7) is 1.84. The average Bonchev–Trinajstić information content (AvgIpc) is 3.08. The van der Waals surface area contributed by atoms with Crippen LogP contribution < -0.4 is 9.80 Å². The Morgan fingerprint density at radius 1 is 1.36 bits per heavy atom. The summed E-state index contributed by atoms with van der Waals surface area (Å²) in [4.78, 5) is 17.3. The van der Waals surface area contributed by atoms with Crippen molar-refractivity contribution < 1.29 is 5.11 Å². The minimum atomic E-state index is 0.167. The average molecular weight is 319 g/mol. The van der Waals surface area contributed by atoms with Crippen molar-refractivity contribution in [2.45, 2.75) is 31.8 Å². The zero-order chi connectivity index (χ0) is 15.4. The third kappa shape index (κ3) is 3.36. The normalized spacial score (nSPS) is 18.5. The Balaban J connectivity index is 1.76. The first kappa shape index (κ1) is 15.2. The largest absolute Gasteiger partial charge is 0.394 e. The molecule has 1 fully saturated rings. The molecule has 0 bridgehead atoms. The number of aliphatic hydroxyl groups excluding tert-OH is 1. The maximum absolute atomic E-state index is 9.57. The first-order valence-corrected chi connectivity index (χ1v) is 8.50. The van der Waals surface area contributed by atoms with Crippen LogP contribution in [0.2, 0.25) is 0 Å². The second kappa shape index (κ2) is 7.02. The van der Waals surface area contributed by atoms with Crippen molar-refractivity contribution in [2.24, 2.45) is 0 Å². The third-order valence-corrected chi connectivity index (χ3v) is 4.68.